The van der Waals surface area contributed by atoms with E-state index < -0.39 is 0 Å². The zero-order chi connectivity index (χ0) is 19.1. The third-order valence-electron chi connectivity index (χ3n) is 5.08. The molecule has 0 bridgehead atoms. The molecular weight excluding hydrogens is 358 g/mol. The fourth-order valence-electron chi connectivity index (χ4n) is 3.34. The molecule has 4 heteroatoms. The van der Waals surface area contributed by atoms with Crippen molar-refractivity contribution in [3.8, 4) is 0 Å². The highest BCUT2D eigenvalue weighted by atomic mass is 35.5. The lowest BCUT2D eigenvalue weighted by molar-refractivity contribution is 0.227. The highest BCUT2D eigenvalue weighted by molar-refractivity contribution is 5.85. The van der Waals surface area contributed by atoms with Gasteiger partial charge in [0.25, 0.3) is 0 Å². The van der Waals surface area contributed by atoms with Crippen LogP contribution < -0.4 is 5.32 Å². The van der Waals surface area contributed by atoms with E-state index >= 15 is 0 Å². The van der Waals surface area contributed by atoms with Crippen molar-refractivity contribution in [2.24, 2.45) is 0 Å². The maximum atomic E-state index is 8.98. The number of rotatable bonds is 21. The molecule has 0 unspecified atom stereocenters. The van der Waals surface area contributed by atoms with Gasteiger partial charge in [-0.25, -0.2) is 0 Å². The van der Waals surface area contributed by atoms with Crippen molar-refractivity contribution in [3.05, 3.63) is 12.2 Å². The molecule has 3 N–H and O–H groups in total. The van der Waals surface area contributed by atoms with Crippen LogP contribution in [0.2, 0.25) is 0 Å². The van der Waals surface area contributed by atoms with E-state index in [1.165, 1.54) is 89.9 Å². The van der Waals surface area contributed by atoms with Crippen LogP contribution >= 0.6 is 12.4 Å². The fraction of sp³-hybridized carbons (Fsp3) is 0.913. The second kappa shape index (κ2) is 25.9. The Morgan fingerprint density at radius 3 is 1.59 bits per heavy atom. The largest absolute Gasteiger partial charge is 0.396 e. The molecule has 3 nitrogen and oxygen atoms in total. The first kappa shape index (κ1) is 29.1. The van der Waals surface area contributed by atoms with E-state index in [-0.39, 0.29) is 31.7 Å². The molecule has 0 fully saturated rings. The third-order valence-corrected chi connectivity index (χ3v) is 5.08. The lowest BCUT2D eigenvalue weighted by Gasteiger charge is -2.16. The summed E-state index contributed by atoms with van der Waals surface area (Å²) in [5, 5.41) is 21.4. The third kappa shape index (κ3) is 23.9. The Labute approximate surface area is 175 Å². The number of hydrogen-bond acceptors (Lipinski definition) is 3. The maximum absolute atomic E-state index is 8.98. The second-order valence-corrected chi connectivity index (χ2v) is 7.61. The molecule has 0 rings (SSSR count). The number of hydrogen-bond donors (Lipinski definition) is 3. The summed E-state index contributed by atoms with van der Waals surface area (Å²) >= 11 is 0. The molecule has 0 heterocycles. The molecule has 0 radical (unpaired) electrons. The quantitative estimate of drug-likeness (QED) is 0.158. The molecule has 164 valence electrons. The van der Waals surface area contributed by atoms with Crippen molar-refractivity contribution in [2.45, 2.75) is 116 Å². The molecule has 0 aromatic carbocycles. The Balaban J connectivity index is 0. The number of unbranched alkanes of at least 4 members (excludes halogenated alkanes) is 12. The Kier molecular flexibility index (Phi) is 27.9. The SMILES string of the molecule is CCCCCCCC/C=C\CCCCCCCCNC(CCO)CCO.Cl. The molecule has 0 aromatic heterocycles. The molecule has 0 saturated carbocycles. The van der Waals surface area contributed by atoms with E-state index in [1.807, 2.05) is 0 Å². The maximum Gasteiger partial charge on any atom is 0.0445 e. The smallest absolute Gasteiger partial charge is 0.0445 e. The van der Waals surface area contributed by atoms with Crippen LogP contribution in [0.15, 0.2) is 12.2 Å². The first-order chi connectivity index (χ1) is 12.8. The second-order valence-electron chi connectivity index (χ2n) is 7.61. The molecule has 0 aliphatic rings. The number of nitrogens with one attached hydrogen (secondary N) is 1. The molecule has 0 aromatic rings. The minimum Gasteiger partial charge on any atom is -0.396 e. The van der Waals surface area contributed by atoms with Gasteiger partial charge in [-0.1, -0.05) is 76.9 Å². The van der Waals surface area contributed by atoms with Gasteiger partial charge < -0.3 is 15.5 Å². The summed E-state index contributed by atoms with van der Waals surface area (Å²) in [6.07, 6.45) is 25.0. The predicted molar refractivity (Wildman–Crippen MR) is 122 cm³/mol. The summed E-state index contributed by atoms with van der Waals surface area (Å²) in [5.41, 5.74) is 0. The van der Waals surface area contributed by atoms with Crippen LogP contribution in [0.3, 0.4) is 0 Å². The van der Waals surface area contributed by atoms with Gasteiger partial charge in [0.2, 0.25) is 0 Å². The van der Waals surface area contributed by atoms with Gasteiger partial charge in [0, 0.05) is 19.3 Å². The van der Waals surface area contributed by atoms with Crippen LogP contribution in [0.5, 0.6) is 0 Å². The average molecular weight is 406 g/mol. The number of aliphatic hydroxyl groups is 2. The summed E-state index contributed by atoms with van der Waals surface area (Å²) in [5.74, 6) is 0. The summed E-state index contributed by atoms with van der Waals surface area (Å²) < 4.78 is 0. The number of allylic oxidation sites excluding steroid dienone is 2. The molecule has 0 spiro atoms. The van der Waals surface area contributed by atoms with Crippen LogP contribution in [-0.2, 0) is 0 Å². The predicted octanol–water partition coefficient (Wildman–Crippen LogP) is 6.17. The van der Waals surface area contributed by atoms with Crippen molar-refractivity contribution < 1.29 is 10.2 Å². The van der Waals surface area contributed by atoms with Gasteiger partial charge in [0.1, 0.15) is 0 Å². The molecule has 0 aliphatic carbocycles. The highest BCUT2D eigenvalue weighted by Crippen LogP contribution is 2.10. The van der Waals surface area contributed by atoms with E-state index in [4.69, 9.17) is 10.2 Å². The van der Waals surface area contributed by atoms with Crippen molar-refractivity contribution in [1.29, 1.82) is 0 Å². The van der Waals surface area contributed by atoms with Crippen molar-refractivity contribution in [1.82, 2.24) is 5.32 Å². The summed E-state index contributed by atoms with van der Waals surface area (Å²) in [4.78, 5) is 0. The van der Waals surface area contributed by atoms with Crippen LogP contribution in [0.25, 0.3) is 0 Å². The van der Waals surface area contributed by atoms with Gasteiger partial charge in [-0.05, 0) is 51.5 Å². The first-order valence-electron chi connectivity index (χ1n) is 11.4. The Hall–Kier alpha value is -0.0900. The topological polar surface area (TPSA) is 52.5 Å². The minimum atomic E-state index is 0. The normalized spacial score (nSPS) is 11.4. The molecule has 0 saturated heterocycles. The fourth-order valence-corrected chi connectivity index (χ4v) is 3.34. The van der Waals surface area contributed by atoms with Crippen LogP contribution in [0.4, 0.5) is 0 Å². The molecular formula is C23H48ClNO2. The lowest BCUT2D eigenvalue weighted by atomic mass is 10.1. The zero-order valence-electron chi connectivity index (χ0n) is 18.0. The van der Waals surface area contributed by atoms with Gasteiger partial charge in [-0.2, -0.15) is 0 Å². The van der Waals surface area contributed by atoms with Gasteiger partial charge in [0.05, 0.1) is 0 Å². The van der Waals surface area contributed by atoms with Gasteiger partial charge in [0.15, 0.2) is 0 Å². The van der Waals surface area contributed by atoms with Crippen molar-refractivity contribution in [3.63, 3.8) is 0 Å². The summed E-state index contributed by atoms with van der Waals surface area (Å²) in [6.45, 7) is 3.68. The summed E-state index contributed by atoms with van der Waals surface area (Å²) in [6, 6.07) is 0.271. The van der Waals surface area contributed by atoms with Crippen LogP contribution in [0, 0.1) is 0 Å². The van der Waals surface area contributed by atoms with E-state index in [0.29, 0.717) is 0 Å². The number of halogens is 1. The van der Waals surface area contributed by atoms with E-state index in [2.05, 4.69) is 24.4 Å². The van der Waals surface area contributed by atoms with Crippen LogP contribution in [0.1, 0.15) is 110 Å². The molecule has 27 heavy (non-hydrogen) atoms. The molecule has 0 aliphatic heterocycles. The highest BCUT2D eigenvalue weighted by Gasteiger charge is 2.05. The molecule has 0 atom stereocenters. The van der Waals surface area contributed by atoms with Gasteiger partial charge in [-0.3, -0.25) is 0 Å². The van der Waals surface area contributed by atoms with Crippen molar-refractivity contribution >= 4 is 12.4 Å². The van der Waals surface area contributed by atoms with E-state index in [0.717, 1.165) is 19.4 Å². The lowest BCUT2D eigenvalue weighted by Crippen LogP contribution is -2.31. The average Bonchev–Trinajstić information content (AvgIpc) is 2.64. The van der Waals surface area contributed by atoms with Crippen molar-refractivity contribution in [2.75, 3.05) is 19.8 Å². The minimum absolute atomic E-state index is 0. The van der Waals surface area contributed by atoms with E-state index in [9.17, 15) is 0 Å². The first-order valence-corrected chi connectivity index (χ1v) is 11.4. The van der Waals surface area contributed by atoms with Gasteiger partial charge in [-0.15, -0.1) is 12.4 Å². The standard InChI is InChI=1S/C23H47NO2.ClH/c1-2-3-4-5-6-7-8-9-10-11-12-13-14-15-16-17-20-24-23(18-21-25)19-22-26;/h9-10,23-26H,2-8,11-22H2,1H3;1H/b10-9-;. The molecule has 0 amide bonds. The monoisotopic (exact) mass is 405 g/mol. The van der Waals surface area contributed by atoms with Crippen LogP contribution in [-0.4, -0.2) is 36.0 Å². The Morgan fingerprint density at radius 1 is 0.667 bits per heavy atom. The Bertz CT molecular complexity index is 282. The van der Waals surface area contributed by atoms with Gasteiger partial charge >= 0.3 is 0 Å². The summed E-state index contributed by atoms with van der Waals surface area (Å²) in [7, 11) is 0. The number of aliphatic hydroxyl groups excluding tert-OH is 2. The van der Waals surface area contributed by atoms with E-state index in [1.54, 1.807) is 0 Å². The zero-order valence-corrected chi connectivity index (χ0v) is 18.8. The Morgan fingerprint density at radius 2 is 1.11 bits per heavy atom.